The van der Waals surface area contributed by atoms with Crippen molar-refractivity contribution in [3.8, 4) is 17.2 Å². The van der Waals surface area contributed by atoms with E-state index in [-0.39, 0.29) is 12.6 Å². The smallest absolute Gasteiger partial charge is 0.188 e. The monoisotopic (exact) mass is 392 g/mol. The van der Waals surface area contributed by atoms with Crippen LogP contribution in [0.3, 0.4) is 0 Å². The highest BCUT2D eigenvalue weighted by atomic mass is 16.7. The second-order valence-electron chi connectivity index (χ2n) is 6.45. The van der Waals surface area contributed by atoms with Crippen LogP contribution < -0.4 is 14.2 Å². The minimum Gasteiger partial charge on any atom is -0.489 e. The maximum Gasteiger partial charge on any atom is 0.188 e. The highest BCUT2D eigenvalue weighted by Gasteiger charge is 2.19. The van der Waals surface area contributed by atoms with Crippen molar-refractivity contribution >= 4 is 5.78 Å². The fourth-order valence-electron chi connectivity index (χ4n) is 2.82. The minimum absolute atomic E-state index is 0.0144. The van der Waals surface area contributed by atoms with Crippen LogP contribution in [-0.2, 0) is 18.0 Å². The lowest BCUT2D eigenvalue weighted by Crippen LogP contribution is -2.08. The summed E-state index contributed by atoms with van der Waals surface area (Å²) in [4.78, 5) is 12.3. The molecule has 0 atom stereocenters. The van der Waals surface area contributed by atoms with Crippen LogP contribution in [0.2, 0.25) is 0 Å². The maximum atomic E-state index is 12.3. The van der Waals surface area contributed by atoms with Gasteiger partial charge in [0.1, 0.15) is 36.0 Å². The minimum atomic E-state index is -0.159. The van der Waals surface area contributed by atoms with E-state index in [0.29, 0.717) is 36.0 Å². The molecule has 0 unspecified atom stereocenters. The van der Waals surface area contributed by atoms with Gasteiger partial charge in [-0.1, -0.05) is 60.7 Å². The lowest BCUT2D eigenvalue weighted by atomic mass is 10.1. The lowest BCUT2D eigenvalue weighted by Gasteiger charge is -2.17. The highest BCUT2D eigenvalue weighted by molar-refractivity contribution is 6.00. The Morgan fingerprint density at radius 2 is 1.28 bits per heavy atom. The Labute approximate surface area is 170 Å². The predicted octanol–water partition coefficient (Wildman–Crippen LogP) is 5.03. The van der Waals surface area contributed by atoms with Gasteiger partial charge in [0.2, 0.25) is 0 Å². The molecule has 3 rings (SSSR count). The first-order valence-electron chi connectivity index (χ1n) is 9.31. The number of carbonyl (C=O) groups is 1. The number of ether oxygens (including phenoxy) is 4. The van der Waals surface area contributed by atoms with Crippen LogP contribution in [0.4, 0.5) is 0 Å². The van der Waals surface area contributed by atoms with Crippen LogP contribution >= 0.6 is 0 Å². The van der Waals surface area contributed by atoms with E-state index in [1.807, 2.05) is 60.7 Å². The number of carbonyl (C=O) groups excluding carboxylic acids is 1. The zero-order valence-electron chi connectivity index (χ0n) is 16.6. The molecule has 3 aromatic carbocycles. The molecule has 0 radical (unpaired) electrons. The molecular weight excluding hydrogens is 368 g/mol. The summed E-state index contributed by atoms with van der Waals surface area (Å²) in [6.45, 7) is 2.21. The van der Waals surface area contributed by atoms with Crippen molar-refractivity contribution in [2.45, 2.75) is 20.1 Å². The number of methoxy groups -OCH3 is 1. The summed E-state index contributed by atoms with van der Waals surface area (Å²) in [6, 6.07) is 23.0. The lowest BCUT2D eigenvalue weighted by molar-refractivity contribution is 0.0498. The average Bonchev–Trinajstić information content (AvgIpc) is 2.75. The van der Waals surface area contributed by atoms with Gasteiger partial charge in [-0.2, -0.15) is 0 Å². The van der Waals surface area contributed by atoms with Crippen molar-refractivity contribution in [3.63, 3.8) is 0 Å². The van der Waals surface area contributed by atoms with E-state index in [4.69, 9.17) is 18.9 Å². The fraction of sp³-hybridized carbons (Fsp3) is 0.208. The van der Waals surface area contributed by atoms with Gasteiger partial charge in [0.15, 0.2) is 12.6 Å². The van der Waals surface area contributed by atoms with E-state index in [0.717, 1.165) is 11.1 Å². The van der Waals surface area contributed by atoms with Crippen LogP contribution in [0.5, 0.6) is 17.2 Å². The molecule has 0 saturated heterocycles. The molecule has 0 aliphatic carbocycles. The number of hydrogen-bond acceptors (Lipinski definition) is 5. The van der Waals surface area contributed by atoms with Crippen molar-refractivity contribution in [2.75, 3.05) is 13.9 Å². The third-order valence-electron chi connectivity index (χ3n) is 4.21. The van der Waals surface area contributed by atoms with E-state index in [1.165, 1.54) is 14.0 Å². The average molecular weight is 392 g/mol. The van der Waals surface area contributed by atoms with E-state index in [1.54, 1.807) is 12.1 Å². The van der Waals surface area contributed by atoms with Gasteiger partial charge in [0.25, 0.3) is 0 Å². The maximum absolute atomic E-state index is 12.3. The Balaban J connectivity index is 1.88. The first-order chi connectivity index (χ1) is 14.2. The van der Waals surface area contributed by atoms with Crippen molar-refractivity contribution in [3.05, 3.63) is 89.5 Å². The molecule has 0 heterocycles. The number of hydrogen-bond donors (Lipinski definition) is 0. The summed E-state index contributed by atoms with van der Waals surface area (Å²) < 4.78 is 22.5. The zero-order valence-corrected chi connectivity index (χ0v) is 16.6. The molecule has 3 aromatic rings. The summed E-state index contributed by atoms with van der Waals surface area (Å²) in [5.41, 5.74) is 2.40. The van der Waals surface area contributed by atoms with Crippen molar-refractivity contribution in [2.24, 2.45) is 0 Å². The fourth-order valence-corrected chi connectivity index (χ4v) is 2.82. The van der Waals surface area contributed by atoms with Gasteiger partial charge in [-0.15, -0.1) is 0 Å². The van der Waals surface area contributed by atoms with E-state index in [2.05, 4.69) is 0 Å². The molecule has 0 aromatic heterocycles. The van der Waals surface area contributed by atoms with Gasteiger partial charge in [-0.25, -0.2) is 0 Å². The normalized spacial score (nSPS) is 10.4. The first-order valence-corrected chi connectivity index (χ1v) is 9.31. The van der Waals surface area contributed by atoms with E-state index in [9.17, 15) is 4.79 Å². The van der Waals surface area contributed by atoms with Crippen molar-refractivity contribution in [1.82, 2.24) is 0 Å². The van der Waals surface area contributed by atoms with Crippen LogP contribution in [0, 0.1) is 0 Å². The SMILES string of the molecule is COCOc1cc(OCc2ccccc2)cc(OCc2ccccc2)c1C(C)=O. The van der Waals surface area contributed by atoms with Gasteiger partial charge in [-0.05, 0) is 18.1 Å². The second kappa shape index (κ2) is 10.3. The number of Topliss-reactive ketones (excluding diaryl/α,β-unsaturated/α-hetero) is 1. The van der Waals surface area contributed by atoms with Crippen molar-refractivity contribution < 1.29 is 23.7 Å². The van der Waals surface area contributed by atoms with Gasteiger partial charge in [-0.3, -0.25) is 4.79 Å². The van der Waals surface area contributed by atoms with Gasteiger partial charge in [0.05, 0.1) is 0 Å². The van der Waals surface area contributed by atoms with Gasteiger partial charge >= 0.3 is 0 Å². The van der Waals surface area contributed by atoms with Crippen LogP contribution in [0.15, 0.2) is 72.8 Å². The number of benzene rings is 3. The summed E-state index contributed by atoms with van der Waals surface area (Å²) in [5.74, 6) is 1.17. The van der Waals surface area contributed by atoms with Crippen LogP contribution in [0.25, 0.3) is 0 Å². The summed E-state index contributed by atoms with van der Waals surface area (Å²) in [5, 5.41) is 0. The van der Waals surface area contributed by atoms with Crippen molar-refractivity contribution in [1.29, 1.82) is 0 Å². The number of ketones is 1. The standard InChI is InChI=1S/C24H24O5/c1-18(25)24-22(28-16-20-11-7-4-8-12-20)13-21(14-23(24)29-17-26-2)27-15-19-9-5-3-6-10-19/h3-14H,15-17H2,1-2H3. The Morgan fingerprint density at radius 1 is 0.759 bits per heavy atom. The summed E-state index contributed by atoms with van der Waals surface area (Å²) >= 11 is 0. The predicted molar refractivity (Wildman–Crippen MR) is 110 cm³/mol. The molecule has 0 spiro atoms. The molecule has 0 N–H and O–H groups in total. The Bertz CT molecular complexity index is 923. The van der Waals surface area contributed by atoms with E-state index < -0.39 is 0 Å². The quantitative estimate of drug-likeness (QED) is 0.358. The highest BCUT2D eigenvalue weighted by Crippen LogP contribution is 2.35. The van der Waals surface area contributed by atoms with Crippen LogP contribution in [-0.4, -0.2) is 19.7 Å². The third-order valence-corrected chi connectivity index (χ3v) is 4.21. The summed E-state index contributed by atoms with van der Waals surface area (Å²) in [7, 11) is 1.52. The number of rotatable bonds is 10. The Morgan fingerprint density at radius 3 is 1.79 bits per heavy atom. The molecule has 5 heteroatoms. The second-order valence-corrected chi connectivity index (χ2v) is 6.45. The molecule has 0 aliphatic rings. The zero-order chi connectivity index (χ0) is 20.5. The van der Waals surface area contributed by atoms with E-state index >= 15 is 0 Å². The first kappa shape index (κ1) is 20.4. The molecule has 150 valence electrons. The molecule has 0 saturated carbocycles. The Hall–Kier alpha value is -3.31. The third kappa shape index (κ3) is 5.83. The van der Waals surface area contributed by atoms with Gasteiger partial charge < -0.3 is 18.9 Å². The molecule has 29 heavy (non-hydrogen) atoms. The largest absolute Gasteiger partial charge is 0.489 e. The molecule has 0 fully saturated rings. The molecule has 0 amide bonds. The van der Waals surface area contributed by atoms with Gasteiger partial charge in [0, 0.05) is 19.2 Å². The molecule has 0 aliphatic heterocycles. The molecular formula is C24H24O5. The summed E-state index contributed by atoms with van der Waals surface area (Å²) in [6.07, 6.45) is 0. The Kier molecular flexibility index (Phi) is 7.25. The molecule has 0 bridgehead atoms. The van der Waals surface area contributed by atoms with Crippen LogP contribution in [0.1, 0.15) is 28.4 Å². The topological polar surface area (TPSA) is 54.0 Å². The molecule has 5 nitrogen and oxygen atoms in total.